The molecule has 0 amide bonds. The van der Waals surface area contributed by atoms with E-state index < -0.39 is 0 Å². The average molecular weight is 227 g/mol. The van der Waals surface area contributed by atoms with Crippen molar-refractivity contribution in [1.82, 2.24) is 4.98 Å². The van der Waals surface area contributed by atoms with Crippen LogP contribution in [-0.2, 0) is 0 Å². The summed E-state index contributed by atoms with van der Waals surface area (Å²) in [7, 11) is 1.83. The van der Waals surface area contributed by atoms with Gasteiger partial charge in [0, 0.05) is 5.39 Å². The van der Waals surface area contributed by atoms with Crippen molar-refractivity contribution in [2.24, 2.45) is 0 Å². The summed E-state index contributed by atoms with van der Waals surface area (Å²) in [6.07, 6.45) is 0. The van der Waals surface area contributed by atoms with Gasteiger partial charge in [0.2, 0.25) is 0 Å². The molecule has 0 aliphatic heterocycles. The van der Waals surface area contributed by atoms with Crippen LogP contribution in [0.2, 0.25) is 0 Å². The van der Waals surface area contributed by atoms with Gasteiger partial charge >= 0.3 is 0 Å². The summed E-state index contributed by atoms with van der Waals surface area (Å²) < 4.78 is 1.22. The molecule has 2 aromatic carbocycles. The zero-order valence-corrected chi connectivity index (χ0v) is 10.0. The molecule has 0 saturated carbocycles. The maximum atomic E-state index is 4.59. The highest BCUT2D eigenvalue weighted by molar-refractivity contribution is 7.18. The minimum absolute atomic E-state index is 1.05. The summed E-state index contributed by atoms with van der Waals surface area (Å²) in [6.45, 7) is 2.04. The Kier molecular flexibility index (Phi) is 2.07. The fourth-order valence-corrected chi connectivity index (χ4v) is 2.91. The Morgan fingerprint density at radius 3 is 2.69 bits per heavy atom. The molecule has 2 nitrogen and oxygen atoms in total. The number of thiazole rings is 1. The molecule has 3 aromatic rings. The van der Waals surface area contributed by atoms with Crippen LogP contribution in [0.5, 0.6) is 0 Å². The molecule has 1 heterocycles. The maximum Gasteiger partial charge on any atom is 0.0908 e. The number of nitrogens with zero attached hydrogens (tertiary/aromatic N) is 2. The predicted octanol–water partition coefficient (Wildman–Crippen LogP) is 4.39. The zero-order valence-electron chi connectivity index (χ0n) is 9.19. The maximum absolute atomic E-state index is 4.59. The molecule has 0 N–H and O–H groups in total. The fourth-order valence-electron chi connectivity index (χ4n) is 2.03. The van der Waals surface area contributed by atoms with Crippen molar-refractivity contribution in [3.63, 3.8) is 0 Å². The Morgan fingerprint density at radius 2 is 1.94 bits per heavy atom. The lowest BCUT2D eigenvalue weighted by molar-refractivity contribution is 1.35. The molecule has 3 rings (SSSR count). The summed E-state index contributed by atoms with van der Waals surface area (Å²) in [6, 6.07) is 10.4. The van der Waals surface area contributed by atoms with E-state index in [1.54, 1.807) is 11.3 Å². The second-order valence-corrected chi connectivity index (χ2v) is 4.98. The molecule has 0 bridgehead atoms. The molecule has 0 spiro atoms. The van der Waals surface area contributed by atoms with E-state index in [-0.39, 0.29) is 0 Å². The first-order chi connectivity index (χ1) is 7.79. The summed E-state index contributed by atoms with van der Waals surface area (Å²) in [5.41, 5.74) is 2.15. The first kappa shape index (κ1) is 9.60. The molecule has 0 radical (unpaired) electrons. The second-order valence-electron chi connectivity index (χ2n) is 3.74. The van der Waals surface area contributed by atoms with Crippen LogP contribution in [0.3, 0.4) is 0 Å². The van der Waals surface area contributed by atoms with Crippen LogP contribution in [0.4, 0.5) is 5.69 Å². The quantitative estimate of drug-likeness (QED) is 0.605. The third-order valence-electron chi connectivity index (χ3n) is 2.73. The van der Waals surface area contributed by atoms with Gasteiger partial charge in [-0.3, -0.25) is 0 Å². The fraction of sp³-hybridized carbons (Fsp3) is 0.154. The number of aromatic nitrogens is 1. The Labute approximate surface area is 97.9 Å². The van der Waals surface area contributed by atoms with Gasteiger partial charge in [-0.1, -0.05) is 30.3 Å². The summed E-state index contributed by atoms with van der Waals surface area (Å²) in [4.78, 5) is 4.59. The van der Waals surface area contributed by atoms with Crippen LogP contribution in [0.1, 0.15) is 5.01 Å². The molecule has 0 aliphatic rings. The predicted molar refractivity (Wildman–Crippen MR) is 70.8 cm³/mol. The molecular formula is C13H11N2S-. The number of rotatable bonds is 1. The lowest BCUT2D eigenvalue weighted by atomic mass is 10.1. The van der Waals surface area contributed by atoms with Gasteiger partial charge in [-0.25, -0.2) is 4.98 Å². The Bertz CT molecular complexity index is 670. The van der Waals surface area contributed by atoms with Crippen LogP contribution >= 0.6 is 11.3 Å². The summed E-state index contributed by atoms with van der Waals surface area (Å²) >= 11 is 1.73. The molecule has 0 aliphatic carbocycles. The Morgan fingerprint density at radius 1 is 1.19 bits per heavy atom. The second kappa shape index (κ2) is 3.46. The minimum atomic E-state index is 1.05. The molecule has 0 fully saturated rings. The standard InChI is InChI=1S/C13H11N2S/c1-8-15-13-10-6-4-3-5-9(10)11(14-2)7-12(13)16-8/h3-7H,1-2H3/q-1. The molecule has 0 saturated heterocycles. The average Bonchev–Trinajstić information content (AvgIpc) is 2.68. The third kappa shape index (κ3) is 1.28. The first-order valence-electron chi connectivity index (χ1n) is 5.18. The van der Waals surface area contributed by atoms with Crippen LogP contribution in [0.15, 0.2) is 30.3 Å². The summed E-state index contributed by atoms with van der Waals surface area (Å²) in [5, 5.41) is 7.82. The molecule has 16 heavy (non-hydrogen) atoms. The van der Waals surface area contributed by atoms with E-state index in [0.717, 1.165) is 16.2 Å². The largest absolute Gasteiger partial charge is 0.686 e. The lowest BCUT2D eigenvalue weighted by Gasteiger charge is -2.17. The van der Waals surface area contributed by atoms with Crippen molar-refractivity contribution in [3.8, 4) is 0 Å². The first-order valence-corrected chi connectivity index (χ1v) is 6.00. The SMILES string of the molecule is C[N-]c1cc2sc(C)nc2c2ccccc12. The molecule has 0 unspecified atom stereocenters. The summed E-state index contributed by atoms with van der Waals surface area (Å²) in [5.74, 6) is 0. The van der Waals surface area contributed by atoms with Gasteiger partial charge in [0.1, 0.15) is 0 Å². The molecule has 1 aromatic heterocycles. The van der Waals surface area contributed by atoms with Gasteiger partial charge in [-0.15, -0.1) is 24.1 Å². The van der Waals surface area contributed by atoms with Gasteiger partial charge in [0.05, 0.1) is 15.2 Å². The molecule has 0 atom stereocenters. The van der Waals surface area contributed by atoms with Gasteiger partial charge in [0.15, 0.2) is 0 Å². The van der Waals surface area contributed by atoms with Crippen molar-refractivity contribution < 1.29 is 0 Å². The van der Waals surface area contributed by atoms with Crippen molar-refractivity contribution in [2.75, 3.05) is 7.05 Å². The van der Waals surface area contributed by atoms with E-state index in [2.05, 4.69) is 34.6 Å². The van der Waals surface area contributed by atoms with Crippen molar-refractivity contribution >= 4 is 38.0 Å². The number of fused-ring (bicyclic) bond motifs is 3. The Hall–Kier alpha value is -1.61. The van der Waals surface area contributed by atoms with E-state index in [9.17, 15) is 0 Å². The topological polar surface area (TPSA) is 27.0 Å². The normalized spacial score (nSPS) is 11.1. The van der Waals surface area contributed by atoms with Crippen LogP contribution < -0.4 is 0 Å². The lowest BCUT2D eigenvalue weighted by Crippen LogP contribution is -1.77. The van der Waals surface area contributed by atoms with Crippen molar-refractivity contribution in [3.05, 3.63) is 40.7 Å². The monoisotopic (exact) mass is 227 g/mol. The highest BCUT2D eigenvalue weighted by atomic mass is 32.1. The van der Waals surface area contributed by atoms with E-state index in [0.29, 0.717) is 0 Å². The van der Waals surface area contributed by atoms with Gasteiger partial charge in [-0.2, -0.15) is 0 Å². The van der Waals surface area contributed by atoms with Gasteiger partial charge in [-0.05, 0) is 12.3 Å². The molecule has 80 valence electrons. The number of hydrogen-bond donors (Lipinski definition) is 0. The van der Waals surface area contributed by atoms with E-state index in [1.165, 1.54) is 15.5 Å². The van der Waals surface area contributed by atoms with Gasteiger partial charge < -0.3 is 5.32 Å². The van der Waals surface area contributed by atoms with Crippen LogP contribution in [0.25, 0.3) is 26.3 Å². The number of benzene rings is 2. The smallest absolute Gasteiger partial charge is 0.0908 e. The Balaban J connectivity index is 2.56. The van der Waals surface area contributed by atoms with Gasteiger partial charge in [0.25, 0.3) is 0 Å². The zero-order chi connectivity index (χ0) is 11.1. The van der Waals surface area contributed by atoms with E-state index in [1.807, 2.05) is 20.0 Å². The molecule has 3 heteroatoms. The van der Waals surface area contributed by atoms with E-state index in [4.69, 9.17) is 0 Å². The van der Waals surface area contributed by atoms with Crippen LogP contribution in [0, 0.1) is 6.92 Å². The third-order valence-corrected chi connectivity index (χ3v) is 3.64. The number of aryl methyl sites for hydroxylation is 1. The van der Waals surface area contributed by atoms with Crippen molar-refractivity contribution in [2.45, 2.75) is 6.92 Å². The highest BCUT2D eigenvalue weighted by Gasteiger charge is 2.05. The number of hydrogen-bond acceptors (Lipinski definition) is 2. The minimum Gasteiger partial charge on any atom is -0.686 e. The van der Waals surface area contributed by atoms with Crippen molar-refractivity contribution in [1.29, 1.82) is 0 Å². The van der Waals surface area contributed by atoms with Crippen LogP contribution in [-0.4, -0.2) is 12.0 Å². The molecular weight excluding hydrogens is 216 g/mol. The van der Waals surface area contributed by atoms with E-state index >= 15 is 0 Å². The highest BCUT2D eigenvalue weighted by Crippen LogP contribution is 2.36.